The Balaban J connectivity index is 1.26. The molecule has 0 amide bonds. The van der Waals surface area contributed by atoms with Crippen LogP contribution >= 0.6 is 0 Å². The molecule has 2 aliphatic rings. The Morgan fingerprint density at radius 1 is 1.07 bits per heavy atom. The highest BCUT2D eigenvalue weighted by atomic mass is 16.5. The SMILES string of the molecule is c1cnc(N[C@H]2CC[C@@H](Oc3nc(N4CCOCC4)cc4ncnn34)CC2)cn1. The molecule has 0 unspecified atom stereocenters. The van der Waals surface area contributed by atoms with Gasteiger partial charge in [-0.2, -0.15) is 14.6 Å². The number of hydrogen-bond donors (Lipinski definition) is 1. The van der Waals surface area contributed by atoms with E-state index in [1.165, 1.54) is 6.33 Å². The van der Waals surface area contributed by atoms with Gasteiger partial charge in [0.1, 0.15) is 24.1 Å². The number of hydrogen-bond acceptors (Lipinski definition) is 9. The maximum absolute atomic E-state index is 6.29. The van der Waals surface area contributed by atoms with Crippen molar-refractivity contribution in [3.05, 3.63) is 31.0 Å². The zero-order chi connectivity index (χ0) is 19.5. The van der Waals surface area contributed by atoms with E-state index in [-0.39, 0.29) is 6.10 Å². The first kappa shape index (κ1) is 18.0. The fourth-order valence-electron chi connectivity index (χ4n) is 3.88. The minimum Gasteiger partial charge on any atom is -0.460 e. The normalized spacial score (nSPS) is 22.6. The predicted molar refractivity (Wildman–Crippen MR) is 106 cm³/mol. The number of morpholine rings is 1. The molecule has 1 aliphatic carbocycles. The molecule has 10 heteroatoms. The first-order valence-corrected chi connectivity index (χ1v) is 10.1. The van der Waals surface area contributed by atoms with Gasteiger partial charge in [-0.15, -0.1) is 0 Å². The number of anilines is 2. The van der Waals surface area contributed by atoms with Crippen LogP contribution < -0.4 is 15.0 Å². The van der Waals surface area contributed by atoms with Gasteiger partial charge in [0.05, 0.1) is 19.4 Å². The average Bonchev–Trinajstić information content (AvgIpc) is 3.26. The fourth-order valence-corrected chi connectivity index (χ4v) is 3.88. The van der Waals surface area contributed by atoms with E-state index in [1.54, 1.807) is 23.1 Å². The van der Waals surface area contributed by atoms with Crippen LogP contribution in [0.4, 0.5) is 11.6 Å². The van der Waals surface area contributed by atoms with Gasteiger partial charge in [0.25, 0.3) is 0 Å². The minimum atomic E-state index is 0.106. The lowest BCUT2D eigenvalue weighted by molar-refractivity contribution is 0.121. The van der Waals surface area contributed by atoms with Crippen molar-refractivity contribution >= 4 is 17.3 Å². The largest absolute Gasteiger partial charge is 0.460 e. The van der Waals surface area contributed by atoms with E-state index in [4.69, 9.17) is 14.5 Å². The molecule has 1 saturated carbocycles. The number of ether oxygens (including phenoxy) is 2. The first-order chi connectivity index (χ1) is 14.3. The average molecular weight is 396 g/mol. The second-order valence-electron chi connectivity index (χ2n) is 7.35. The molecule has 1 aliphatic heterocycles. The van der Waals surface area contributed by atoms with E-state index in [0.29, 0.717) is 25.3 Å². The Morgan fingerprint density at radius 2 is 1.93 bits per heavy atom. The van der Waals surface area contributed by atoms with Crippen molar-refractivity contribution in [3.63, 3.8) is 0 Å². The lowest BCUT2D eigenvalue weighted by Crippen LogP contribution is -2.37. The van der Waals surface area contributed by atoms with Gasteiger partial charge in [-0.3, -0.25) is 4.98 Å². The third kappa shape index (κ3) is 4.07. The highest BCUT2D eigenvalue weighted by Gasteiger charge is 2.25. The Bertz CT molecular complexity index is 936. The van der Waals surface area contributed by atoms with Gasteiger partial charge in [0, 0.05) is 37.6 Å². The van der Waals surface area contributed by atoms with Gasteiger partial charge in [-0.25, -0.2) is 9.97 Å². The van der Waals surface area contributed by atoms with Gasteiger partial charge in [0.15, 0.2) is 5.65 Å². The summed E-state index contributed by atoms with van der Waals surface area (Å²) < 4.78 is 13.4. The Morgan fingerprint density at radius 3 is 2.72 bits per heavy atom. The number of nitrogens with one attached hydrogen (secondary N) is 1. The number of fused-ring (bicyclic) bond motifs is 1. The van der Waals surface area contributed by atoms with E-state index in [0.717, 1.165) is 56.1 Å². The number of rotatable bonds is 5. The molecule has 0 bridgehead atoms. The van der Waals surface area contributed by atoms with Crippen LogP contribution in [0.1, 0.15) is 25.7 Å². The maximum Gasteiger partial charge on any atom is 0.321 e. The third-order valence-corrected chi connectivity index (χ3v) is 5.42. The summed E-state index contributed by atoms with van der Waals surface area (Å²) >= 11 is 0. The highest BCUT2D eigenvalue weighted by Crippen LogP contribution is 2.26. The maximum atomic E-state index is 6.29. The molecule has 0 aromatic carbocycles. The topological polar surface area (TPSA) is 103 Å². The molecule has 4 heterocycles. The van der Waals surface area contributed by atoms with Crippen molar-refractivity contribution in [1.29, 1.82) is 0 Å². The van der Waals surface area contributed by atoms with Crippen LogP contribution in [0, 0.1) is 0 Å². The van der Waals surface area contributed by atoms with E-state index in [2.05, 4.69) is 30.3 Å². The number of aromatic nitrogens is 6. The van der Waals surface area contributed by atoms with E-state index in [9.17, 15) is 0 Å². The van der Waals surface area contributed by atoms with Crippen molar-refractivity contribution in [1.82, 2.24) is 29.5 Å². The molecule has 10 nitrogen and oxygen atoms in total. The molecule has 1 N–H and O–H groups in total. The summed E-state index contributed by atoms with van der Waals surface area (Å²) in [6.45, 7) is 3.04. The molecule has 0 atom stereocenters. The predicted octanol–water partition coefficient (Wildman–Crippen LogP) is 1.55. The van der Waals surface area contributed by atoms with Crippen LogP contribution in [-0.4, -0.2) is 68.0 Å². The molecule has 1 saturated heterocycles. The Hall–Kier alpha value is -3.01. The second-order valence-corrected chi connectivity index (χ2v) is 7.35. The molecule has 0 radical (unpaired) electrons. The molecule has 2 fully saturated rings. The fraction of sp³-hybridized carbons (Fsp3) is 0.526. The van der Waals surface area contributed by atoms with Crippen LogP contribution in [0.15, 0.2) is 31.0 Å². The van der Waals surface area contributed by atoms with Crippen molar-refractivity contribution in [2.45, 2.75) is 37.8 Å². The summed E-state index contributed by atoms with van der Waals surface area (Å²) in [5.74, 6) is 1.68. The third-order valence-electron chi connectivity index (χ3n) is 5.42. The monoisotopic (exact) mass is 396 g/mol. The first-order valence-electron chi connectivity index (χ1n) is 10.1. The van der Waals surface area contributed by atoms with Crippen LogP contribution in [0.3, 0.4) is 0 Å². The summed E-state index contributed by atoms with van der Waals surface area (Å²) in [5.41, 5.74) is 0.745. The second kappa shape index (κ2) is 8.16. The molecule has 0 spiro atoms. The van der Waals surface area contributed by atoms with Gasteiger partial charge in [-0.1, -0.05) is 0 Å². The smallest absolute Gasteiger partial charge is 0.321 e. The summed E-state index contributed by atoms with van der Waals surface area (Å²) in [7, 11) is 0. The van der Waals surface area contributed by atoms with Crippen LogP contribution in [0.5, 0.6) is 6.01 Å². The van der Waals surface area contributed by atoms with Crippen molar-refractivity contribution in [2.24, 2.45) is 0 Å². The highest BCUT2D eigenvalue weighted by molar-refractivity contribution is 5.52. The van der Waals surface area contributed by atoms with E-state index in [1.807, 2.05) is 6.07 Å². The van der Waals surface area contributed by atoms with Crippen molar-refractivity contribution in [2.75, 3.05) is 36.5 Å². The molecule has 3 aromatic heterocycles. The summed E-state index contributed by atoms with van der Waals surface area (Å²) in [6, 6.07) is 2.84. The van der Waals surface area contributed by atoms with Crippen LogP contribution in [0.25, 0.3) is 5.65 Å². The quantitative estimate of drug-likeness (QED) is 0.688. The molecule has 5 rings (SSSR count). The summed E-state index contributed by atoms with van der Waals surface area (Å²) in [4.78, 5) is 19.7. The zero-order valence-corrected chi connectivity index (χ0v) is 16.1. The van der Waals surface area contributed by atoms with Crippen molar-refractivity contribution in [3.8, 4) is 6.01 Å². The van der Waals surface area contributed by atoms with Crippen molar-refractivity contribution < 1.29 is 9.47 Å². The van der Waals surface area contributed by atoms with Crippen LogP contribution in [-0.2, 0) is 4.74 Å². The van der Waals surface area contributed by atoms with Gasteiger partial charge in [0.2, 0.25) is 0 Å². The number of nitrogens with zero attached hydrogens (tertiary/aromatic N) is 7. The van der Waals surface area contributed by atoms with E-state index < -0.39 is 0 Å². The molecule has 29 heavy (non-hydrogen) atoms. The molecule has 152 valence electrons. The van der Waals surface area contributed by atoms with Gasteiger partial charge < -0.3 is 19.7 Å². The lowest BCUT2D eigenvalue weighted by Gasteiger charge is -2.30. The molecular weight excluding hydrogens is 372 g/mol. The lowest BCUT2D eigenvalue weighted by atomic mass is 9.93. The summed E-state index contributed by atoms with van der Waals surface area (Å²) in [5, 5.41) is 7.74. The Kier molecular flexibility index (Phi) is 5.08. The summed E-state index contributed by atoms with van der Waals surface area (Å²) in [6.07, 6.45) is 10.7. The molecular formula is C19H24N8O2. The van der Waals surface area contributed by atoms with E-state index >= 15 is 0 Å². The van der Waals surface area contributed by atoms with Gasteiger partial charge in [-0.05, 0) is 25.7 Å². The van der Waals surface area contributed by atoms with Crippen LogP contribution in [0.2, 0.25) is 0 Å². The molecule has 3 aromatic rings. The van der Waals surface area contributed by atoms with Gasteiger partial charge >= 0.3 is 6.01 Å². The standard InChI is InChI=1S/C19H24N8O2/c1-3-15(4-2-14(1)24-16-12-20-5-6-21-16)29-19-25-18(26-7-9-28-10-8-26)11-17-22-13-23-27(17)19/h5-6,11-15H,1-4,7-10H2,(H,21,24)/t14-,15+. The minimum absolute atomic E-state index is 0.106. The Labute approximate surface area is 168 Å². The zero-order valence-electron chi connectivity index (χ0n) is 16.1.